The fourth-order valence-electron chi connectivity index (χ4n) is 4.30. The minimum Gasteiger partial charge on any atom is -0.404 e. The molecule has 2 aromatic rings. The van der Waals surface area contributed by atoms with E-state index in [0.717, 1.165) is 68.1 Å². The van der Waals surface area contributed by atoms with E-state index in [-0.39, 0.29) is 5.91 Å². The molecule has 1 aromatic carbocycles. The number of nitrogens with zero attached hydrogens (tertiary/aromatic N) is 3. The highest BCUT2D eigenvalue weighted by Gasteiger charge is 2.48. The Morgan fingerprint density at radius 3 is 2.70 bits per heavy atom. The Morgan fingerprint density at radius 1 is 1.24 bits per heavy atom. The van der Waals surface area contributed by atoms with Crippen LogP contribution in [0.5, 0.6) is 0 Å². The number of ether oxygens (including phenoxy) is 1. The highest BCUT2D eigenvalue weighted by molar-refractivity contribution is 6.11. The fourth-order valence-corrected chi connectivity index (χ4v) is 4.30. The quantitative estimate of drug-likeness (QED) is 0.483. The molecule has 0 bridgehead atoms. The second kappa shape index (κ2) is 9.29. The summed E-state index contributed by atoms with van der Waals surface area (Å²) in [5, 5.41) is 2.92. The average molecular weight is 444 g/mol. The van der Waals surface area contributed by atoms with Gasteiger partial charge in [-0.3, -0.25) is 19.7 Å². The molecule has 170 valence electrons. The molecule has 1 saturated carbocycles. The summed E-state index contributed by atoms with van der Waals surface area (Å²) in [5.41, 5.74) is 10.8. The number of benzene rings is 1. The molecule has 1 spiro atoms. The molecule has 2 aliphatic heterocycles. The predicted molar refractivity (Wildman–Crippen MR) is 131 cm³/mol. The standard InChI is InChI=1S/C26H29N5O2/c27-11-21(13-29-22-6-7-22)24-9-10-28-12-20(24)3-8-25(32)30-23-4-1-19(2-5-23)14-31-15-26(16-31)17-33-18-26/h1-5,8-13,22H,6-7,14-18,27H2,(H,30,32)/b8-3+,21-11?,29-13?. The minimum atomic E-state index is -0.197. The molecule has 0 unspecified atom stereocenters. The van der Waals surface area contributed by atoms with Crippen LogP contribution in [0.25, 0.3) is 11.6 Å². The Hall–Kier alpha value is -3.29. The van der Waals surface area contributed by atoms with E-state index in [1.807, 2.05) is 24.4 Å². The molecule has 3 heterocycles. The Balaban J connectivity index is 1.17. The molecule has 3 aliphatic rings. The van der Waals surface area contributed by atoms with Gasteiger partial charge in [0.15, 0.2) is 0 Å². The van der Waals surface area contributed by atoms with Gasteiger partial charge in [-0.1, -0.05) is 12.1 Å². The van der Waals surface area contributed by atoms with Crippen molar-refractivity contribution in [1.82, 2.24) is 9.88 Å². The maximum absolute atomic E-state index is 12.5. The Bertz CT molecular complexity index is 1090. The van der Waals surface area contributed by atoms with Gasteiger partial charge in [0, 0.05) is 72.8 Å². The topological polar surface area (TPSA) is 92.8 Å². The monoisotopic (exact) mass is 443 g/mol. The van der Waals surface area contributed by atoms with Crippen molar-refractivity contribution in [2.24, 2.45) is 16.1 Å². The van der Waals surface area contributed by atoms with Gasteiger partial charge in [-0.25, -0.2) is 0 Å². The van der Waals surface area contributed by atoms with E-state index < -0.39 is 0 Å². The molecule has 5 rings (SSSR count). The van der Waals surface area contributed by atoms with Crippen LogP contribution in [0.3, 0.4) is 0 Å². The van der Waals surface area contributed by atoms with Crippen LogP contribution >= 0.6 is 0 Å². The lowest BCUT2D eigenvalue weighted by atomic mass is 9.78. The summed E-state index contributed by atoms with van der Waals surface area (Å²) < 4.78 is 5.33. The predicted octanol–water partition coefficient (Wildman–Crippen LogP) is 3.10. The first-order valence-corrected chi connectivity index (χ1v) is 11.4. The number of allylic oxidation sites excluding steroid dienone is 1. The van der Waals surface area contributed by atoms with Crippen LogP contribution in [-0.2, 0) is 16.1 Å². The maximum Gasteiger partial charge on any atom is 0.248 e. The van der Waals surface area contributed by atoms with E-state index in [1.165, 1.54) is 11.6 Å². The molecule has 7 nitrogen and oxygen atoms in total. The number of pyridine rings is 1. The Morgan fingerprint density at radius 2 is 2.03 bits per heavy atom. The van der Waals surface area contributed by atoms with Gasteiger partial charge in [0.05, 0.1) is 19.3 Å². The number of likely N-dealkylation sites (tertiary alicyclic amines) is 1. The number of amides is 1. The lowest BCUT2D eigenvalue weighted by molar-refractivity contribution is -0.191. The number of rotatable bonds is 8. The first-order chi connectivity index (χ1) is 16.1. The fraction of sp³-hybridized carbons (Fsp3) is 0.346. The molecule has 0 atom stereocenters. The highest BCUT2D eigenvalue weighted by Crippen LogP contribution is 2.38. The minimum absolute atomic E-state index is 0.197. The molecule has 1 aliphatic carbocycles. The number of carbonyl (C=O) groups excluding carboxylic acids is 1. The smallest absolute Gasteiger partial charge is 0.248 e. The average Bonchev–Trinajstić information content (AvgIpc) is 3.60. The number of nitrogens with two attached hydrogens (primary N) is 1. The van der Waals surface area contributed by atoms with Crippen molar-refractivity contribution in [3.8, 4) is 0 Å². The summed E-state index contributed by atoms with van der Waals surface area (Å²) in [6, 6.07) is 10.3. The van der Waals surface area contributed by atoms with Gasteiger partial charge >= 0.3 is 0 Å². The number of aliphatic imine (C=N–C) groups is 1. The van der Waals surface area contributed by atoms with Crippen LogP contribution in [-0.4, -0.2) is 54.4 Å². The lowest BCUT2D eigenvalue weighted by Crippen LogP contribution is -2.65. The van der Waals surface area contributed by atoms with Gasteiger partial charge in [0.1, 0.15) is 0 Å². The van der Waals surface area contributed by atoms with Gasteiger partial charge in [-0.2, -0.15) is 0 Å². The van der Waals surface area contributed by atoms with Crippen LogP contribution in [0.2, 0.25) is 0 Å². The van der Waals surface area contributed by atoms with Gasteiger partial charge in [0.25, 0.3) is 0 Å². The molecule has 33 heavy (non-hydrogen) atoms. The first-order valence-electron chi connectivity index (χ1n) is 11.4. The van der Waals surface area contributed by atoms with Crippen LogP contribution in [0, 0.1) is 5.41 Å². The third-order valence-electron chi connectivity index (χ3n) is 6.29. The largest absolute Gasteiger partial charge is 0.404 e. The zero-order valence-electron chi connectivity index (χ0n) is 18.6. The maximum atomic E-state index is 12.5. The van der Waals surface area contributed by atoms with Gasteiger partial charge in [-0.15, -0.1) is 0 Å². The van der Waals surface area contributed by atoms with E-state index in [1.54, 1.807) is 24.7 Å². The van der Waals surface area contributed by atoms with Crippen molar-refractivity contribution in [3.05, 3.63) is 71.7 Å². The van der Waals surface area contributed by atoms with E-state index >= 15 is 0 Å². The summed E-state index contributed by atoms with van der Waals surface area (Å²) in [6.45, 7) is 4.96. The second-order valence-corrected chi connectivity index (χ2v) is 9.25. The number of aromatic nitrogens is 1. The highest BCUT2D eigenvalue weighted by atomic mass is 16.5. The van der Waals surface area contributed by atoms with Crippen LogP contribution in [0.15, 0.2) is 60.0 Å². The van der Waals surface area contributed by atoms with Crippen molar-refractivity contribution >= 4 is 29.5 Å². The molecular formula is C26H29N5O2. The van der Waals surface area contributed by atoms with Crippen molar-refractivity contribution in [2.75, 3.05) is 31.6 Å². The van der Waals surface area contributed by atoms with Gasteiger partial charge < -0.3 is 15.8 Å². The van der Waals surface area contributed by atoms with Crippen molar-refractivity contribution in [2.45, 2.75) is 25.4 Å². The Kier molecular flexibility index (Phi) is 6.07. The van der Waals surface area contributed by atoms with Gasteiger partial charge in [0.2, 0.25) is 5.91 Å². The summed E-state index contributed by atoms with van der Waals surface area (Å²) in [7, 11) is 0. The van der Waals surface area contributed by atoms with Crippen molar-refractivity contribution < 1.29 is 9.53 Å². The summed E-state index contributed by atoms with van der Waals surface area (Å²) in [5.74, 6) is -0.197. The molecule has 0 radical (unpaired) electrons. The SMILES string of the molecule is NC=C(C=NC1CC1)c1ccncc1/C=C/C(=O)Nc1ccc(CN2CC3(COC3)C2)cc1. The van der Waals surface area contributed by atoms with Crippen molar-refractivity contribution in [1.29, 1.82) is 0 Å². The summed E-state index contributed by atoms with van der Waals surface area (Å²) >= 11 is 0. The third-order valence-corrected chi connectivity index (χ3v) is 6.29. The molecule has 1 aromatic heterocycles. The zero-order chi connectivity index (χ0) is 22.7. The van der Waals surface area contributed by atoms with E-state index in [4.69, 9.17) is 10.5 Å². The molecule has 1 amide bonds. The van der Waals surface area contributed by atoms with E-state index in [0.29, 0.717) is 11.5 Å². The molecular weight excluding hydrogens is 414 g/mol. The first kappa shape index (κ1) is 21.6. The van der Waals surface area contributed by atoms with Gasteiger partial charge in [-0.05, 0) is 48.2 Å². The number of hydrogen-bond donors (Lipinski definition) is 2. The molecule has 7 heteroatoms. The Labute approximate surface area is 194 Å². The zero-order valence-corrected chi connectivity index (χ0v) is 18.6. The van der Waals surface area contributed by atoms with E-state index in [9.17, 15) is 4.79 Å². The van der Waals surface area contributed by atoms with Crippen molar-refractivity contribution in [3.63, 3.8) is 0 Å². The normalized spacial score (nSPS) is 20.2. The van der Waals surface area contributed by atoms with Crippen LogP contribution in [0.1, 0.15) is 29.5 Å². The number of anilines is 1. The molecule has 3 fully saturated rings. The third kappa shape index (κ3) is 5.21. The number of hydrogen-bond acceptors (Lipinski definition) is 6. The summed E-state index contributed by atoms with van der Waals surface area (Å²) in [6.07, 6.45) is 12.3. The van der Waals surface area contributed by atoms with Crippen LogP contribution in [0.4, 0.5) is 5.69 Å². The molecule has 3 N–H and O–H groups in total. The lowest BCUT2D eigenvalue weighted by Gasteiger charge is -2.55. The van der Waals surface area contributed by atoms with E-state index in [2.05, 4.69) is 32.3 Å². The van der Waals surface area contributed by atoms with Crippen LogP contribution < -0.4 is 11.1 Å². The number of nitrogens with one attached hydrogen (secondary N) is 1. The molecule has 2 saturated heterocycles. The number of carbonyl (C=O) groups is 1. The second-order valence-electron chi connectivity index (χ2n) is 9.25. The summed E-state index contributed by atoms with van der Waals surface area (Å²) in [4.78, 5) is 23.6.